The molecular weight excluding hydrogens is 406 g/mol. The fraction of sp³-hybridized carbons (Fsp3) is 0.320. The van der Waals surface area contributed by atoms with Gasteiger partial charge < -0.3 is 14.8 Å². The van der Waals surface area contributed by atoms with E-state index in [0.717, 1.165) is 28.3 Å². The lowest BCUT2D eigenvalue weighted by molar-refractivity contribution is -0.148. The molecule has 32 heavy (non-hydrogen) atoms. The van der Waals surface area contributed by atoms with Crippen LogP contribution in [0.25, 0.3) is 0 Å². The van der Waals surface area contributed by atoms with Gasteiger partial charge in [-0.25, -0.2) is 0 Å². The molecule has 1 aromatic heterocycles. The van der Waals surface area contributed by atoms with Crippen molar-refractivity contribution < 1.29 is 19.1 Å². The predicted molar refractivity (Wildman–Crippen MR) is 121 cm³/mol. The molecule has 3 rings (SSSR count). The molecule has 0 saturated carbocycles. The molecule has 7 heteroatoms. The summed E-state index contributed by atoms with van der Waals surface area (Å²) in [6.45, 7) is 5.04. The number of benzene rings is 2. The summed E-state index contributed by atoms with van der Waals surface area (Å²) in [4.78, 5) is 24.0. The molecule has 0 aliphatic heterocycles. The van der Waals surface area contributed by atoms with Gasteiger partial charge in [-0.1, -0.05) is 48.5 Å². The van der Waals surface area contributed by atoms with E-state index in [0.29, 0.717) is 26.1 Å². The Bertz CT molecular complexity index is 1020. The van der Waals surface area contributed by atoms with E-state index in [1.165, 1.54) is 0 Å². The topological polar surface area (TPSA) is 82.5 Å². The van der Waals surface area contributed by atoms with Crippen molar-refractivity contribution >= 4 is 11.9 Å². The van der Waals surface area contributed by atoms with E-state index < -0.39 is 5.97 Å². The number of nitrogens with one attached hydrogen (secondary N) is 1. The summed E-state index contributed by atoms with van der Waals surface area (Å²) in [5.74, 6) is 0.00581. The molecule has 0 spiro atoms. The highest BCUT2D eigenvalue weighted by Crippen LogP contribution is 2.15. The zero-order chi connectivity index (χ0) is 22.8. The van der Waals surface area contributed by atoms with Crippen molar-refractivity contribution in [1.29, 1.82) is 0 Å². The molecule has 0 fully saturated rings. The second kappa shape index (κ2) is 11.7. The van der Waals surface area contributed by atoms with Gasteiger partial charge in [0.25, 0.3) is 5.91 Å². The Labute approximate surface area is 188 Å². The molecule has 0 saturated heterocycles. The van der Waals surface area contributed by atoms with Gasteiger partial charge in [0, 0.05) is 24.2 Å². The number of ether oxygens (including phenoxy) is 2. The zero-order valence-corrected chi connectivity index (χ0v) is 18.5. The molecule has 1 N–H and O–H groups in total. The van der Waals surface area contributed by atoms with Crippen LogP contribution < -0.4 is 10.1 Å². The van der Waals surface area contributed by atoms with E-state index >= 15 is 0 Å². The van der Waals surface area contributed by atoms with Crippen molar-refractivity contribution in [2.45, 2.75) is 39.8 Å². The lowest BCUT2D eigenvalue weighted by Gasteiger charge is -2.08. The van der Waals surface area contributed by atoms with Crippen molar-refractivity contribution in [2.24, 2.45) is 0 Å². The normalized spacial score (nSPS) is 10.6. The number of aromatic nitrogens is 2. The van der Waals surface area contributed by atoms with Crippen LogP contribution >= 0.6 is 0 Å². The van der Waals surface area contributed by atoms with Crippen LogP contribution in [0.2, 0.25) is 0 Å². The maximum absolute atomic E-state index is 12.1. The van der Waals surface area contributed by atoms with Crippen molar-refractivity contribution in [2.75, 3.05) is 13.2 Å². The van der Waals surface area contributed by atoms with Crippen LogP contribution in [-0.2, 0) is 27.4 Å². The molecule has 168 valence electrons. The van der Waals surface area contributed by atoms with Crippen LogP contribution in [0.4, 0.5) is 0 Å². The minimum Gasteiger partial charge on any atom is -0.494 e. The van der Waals surface area contributed by atoms with Gasteiger partial charge in [0.15, 0.2) is 6.61 Å². The molecule has 2 aromatic carbocycles. The Morgan fingerprint density at radius 2 is 1.69 bits per heavy atom. The largest absolute Gasteiger partial charge is 0.494 e. The van der Waals surface area contributed by atoms with Crippen molar-refractivity contribution in [3.8, 4) is 5.75 Å². The highest BCUT2D eigenvalue weighted by atomic mass is 16.5. The number of rotatable bonds is 11. The van der Waals surface area contributed by atoms with E-state index in [-0.39, 0.29) is 18.9 Å². The number of amides is 1. The van der Waals surface area contributed by atoms with Crippen LogP contribution in [0, 0.1) is 13.8 Å². The number of nitrogens with zero attached hydrogens (tertiary/aromatic N) is 2. The smallest absolute Gasteiger partial charge is 0.306 e. The van der Waals surface area contributed by atoms with Gasteiger partial charge >= 0.3 is 5.97 Å². The third-order valence-corrected chi connectivity index (χ3v) is 5.07. The highest BCUT2D eigenvalue weighted by Gasteiger charge is 2.14. The summed E-state index contributed by atoms with van der Waals surface area (Å²) in [6.07, 6.45) is 0.721. The van der Waals surface area contributed by atoms with Gasteiger partial charge in [0.05, 0.1) is 18.8 Å². The molecule has 0 aliphatic rings. The second-order valence-electron chi connectivity index (χ2n) is 7.50. The average Bonchev–Trinajstić information content (AvgIpc) is 3.07. The standard InChI is InChI=1S/C25H29N3O4/c1-19-23(20(2)28(27-19)17-21-10-5-3-6-11-21)16-26-24(29)18-32-25(30)14-9-15-31-22-12-7-4-8-13-22/h3-8,10-13H,9,14-18H2,1-2H3,(H,26,29). The number of aryl methyl sites for hydroxylation is 1. The minimum absolute atomic E-state index is 0.199. The molecule has 1 heterocycles. The highest BCUT2D eigenvalue weighted by molar-refractivity contribution is 5.80. The molecule has 1 amide bonds. The van der Waals surface area contributed by atoms with Gasteiger partial charge in [-0.15, -0.1) is 0 Å². The summed E-state index contributed by atoms with van der Waals surface area (Å²) < 4.78 is 12.5. The van der Waals surface area contributed by atoms with Crippen molar-refractivity contribution in [3.63, 3.8) is 0 Å². The molecule has 0 atom stereocenters. The minimum atomic E-state index is -0.417. The van der Waals surface area contributed by atoms with E-state index in [1.807, 2.05) is 67.1 Å². The number of carbonyl (C=O) groups is 2. The summed E-state index contributed by atoms with van der Waals surface area (Å²) in [5, 5.41) is 7.40. The fourth-order valence-electron chi connectivity index (χ4n) is 3.28. The Morgan fingerprint density at radius 3 is 2.41 bits per heavy atom. The monoisotopic (exact) mass is 435 g/mol. The van der Waals surface area contributed by atoms with Gasteiger partial charge in [0.2, 0.25) is 0 Å². The Morgan fingerprint density at radius 1 is 1.00 bits per heavy atom. The number of para-hydroxylation sites is 1. The third kappa shape index (κ3) is 6.97. The maximum atomic E-state index is 12.1. The first kappa shape index (κ1) is 23.1. The Hall–Kier alpha value is -3.61. The molecule has 3 aromatic rings. The van der Waals surface area contributed by atoms with Crippen molar-refractivity contribution in [1.82, 2.24) is 15.1 Å². The summed E-state index contributed by atoms with van der Waals surface area (Å²) in [5.41, 5.74) is 4.00. The second-order valence-corrected chi connectivity index (χ2v) is 7.50. The lowest BCUT2D eigenvalue weighted by Crippen LogP contribution is -2.28. The first-order valence-corrected chi connectivity index (χ1v) is 10.7. The van der Waals surface area contributed by atoms with E-state index in [2.05, 4.69) is 22.5 Å². The first-order valence-electron chi connectivity index (χ1n) is 10.7. The summed E-state index contributed by atoms with van der Waals surface area (Å²) in [7, 11) is 0. The van der Waals surface area contributed by atoms with E-state index in [9.17, 15) is 9.59 Å². The van der Waals surface area contributed by atoms with Gasteiger partial charge in [-0.3, -0.25) is 14.3 Å². The SMILES string of the molecule is Cc1nn(Cc2ccccc2)c(C)c1CNC(=O)COC(=O)CCCOc1ccccc1. The third-order valence-electron chi connectivity index (χ3n) is 5.07. The molecule has 0 radical (unpaired) electrons. The molecular formula is C25H29N3O4. The van der Waals surface area contributed by atoms with Crippen molar-refractivity contribution in [3.05, 3.63) is 83.2 Å². The summed E-state index contributed by atoms with van der Waals surface area (Å²) in [6, 6.07) is 19.5. The Kier molecular flexibility index (Phi) is 8.43. The number of esters is 1. The van der Waals surface area contributed by atoms with Gasteiger partial charge in [-0.2, -0.15) is 5.10 Å². The Balaban J connectivity index is 1.37. The molecule has 0 bridgehead atoms. The van der Waals surface area contributed by atoms with Gasteiger partial charge in [0.1, 0.15) is 5.75 Å². The van der Waals surface area contributed by atoms with Crippen LogP contribution in [0.3, 0.4) is 0 Å². The fourth-order valence-corrected chi connectivity index (χ4v) is 3.28. The number of hydrogen-bond acceptors (Lipinski definition) is 5. The van der Waals surface area contributed by atoms with E-state index in [1.54, 1.807) is 0 Å². The van der Waals surface area contributed by atoms with Gasteiger partial charge in [-0.05, 0) is 38.0 Å². The average molecular weight is 436 g/mol. The quantitative estimate of drug-likeness (QED) is 0.368. The first-order chi connectivity index (χ1) is 15.5. The molecule has 0 unspecified atom stereocenters. The molecule has 0 aliphatic carbocycles. The lowest BCUT2D eigenvalue weighted by atomic mass is 10.2. The number of hydrogen-bond donors (Lipinski definition) is 1. The van der Waals surface area contributed by atoms with Crippen LogP contribution in [0.1, 0.15) is 35.4 Å². The molecule has 7 nitrogen and oxygen atoms in total. The summed E-state index contributed by atoms with van der Waals surface area (Å²) >= 11 is 0. The predicted octanol–water partition coefficient (Wildman–Crippen LogP) is 3.57. The zero-order valence-electron chi connectivity index (χ0n) is 18.5. The van der Waals surface area contributed by atoms with E-state index in [4.69, 9.17) is 9.47 Å². The van der Waals surface area contributed by atoms with Crippen LogP contribution in [-0.4, -0.2) is 34.9 Å². The number of carbonyl (C=O) groups excluding carboxylic acids is 2. The van der Waals surface area contributed by atoms with Crippen LogP contribution in [0.5, 0.6) is 5.75 Å². The maximum Gasteiger partial charge on any atom is 0.306 e. The van der Waals surface area contributed by atoms with Crippen LogP contribution in [0.15, 0.2) is 60.7 Å².